The van der Waals surface area contributed by atoms with E-state index in [4.69, 9.17) is 4.52 Å². The molecule has 1 aliphatic rings. The molecule has 0 saturated carbocycles. The third kappa shape index (κ3) is 3.50. The Morgan fingerprint density at radius 1 is 1.39 bits per heavy atom. The van der Waals surface area contributed by atoms with E-state index in [1.807, 2.05) is 44.3 Å². The minimum atomic E-state index is -0.137. The Balaban J connectivity index is 1.68. The summed E-state index contributed by atoms with van der Waals surface area (Å²) < 4.78 is 5.44. The van der Waals surface area contributed by atoms with Crippen LogP contribution in [0.2, 0.25) is 0 Å². The van der Waals surface area contributed by atoms with Gasteiger partial charge in [-0.2, -0.15) is 4.98 Å². The molecule has 7 nitrogen and oxygen atoms in total. The molecule has 2 atom stereocenters. The maximum atomic E-state index is 11.6. The van der Waals surface area contributed by atoms with E-state index in [0.29, 0.717) is 18.3 Å². The summed E-state index contributed by atoms with van der Waals surface area (Å²) in [5, 5.41) is 9.78. The number of nitrogens with zero attached hydrogens (tertiary/aromatic N) is 3. The van der Waals surface area contributed by atoms with Crippen molar-refractivity contribution >= 4 is 6.03 Å². The Morgan fingerprint density at radius 3 is 2.91 bits per heavy atom. The van der Waals surface area contributed by atoms with Crippen LogP contribution in [0.3, 0.4) is 0 Å². The van der Waals surface area contributed by atoms with Gasteiger partial charge < -0.3 is 15.2 Å². The first-order valence-corrected chi connectivity index (χ1v) is 7.81. The summed E-state index contributed by atoms with van der Waals surface area (Å²) in [7, 11) is 2.00. The van der Waals surface area contributed by atoms with Crippen LogP contribution >= 0.6 is 0 Å². The van der Waals surface area contributed by atoms with Crippen LogP contribution in [0.1, 0.15) is 25.3 Å². The first-order chi connectivity index (χ1) is 11.2. The van der Waals surface area contributed by atoms with E-state index < -0.39 is 0 Å². The van der Waals surface area contributed by atoms with Crippen molar-refractivity contribution in [3.8, 4) is 11.4 Å². The van der Waals surface area contributed by atoms with Gasteiger partial charge in [0.05, 0.1) is 6.04 Å². The zero-order valence-electron chi connectivity index (χ0n) is 13.3. The van der Waals surface area contributed by atoms with Crippen LogP contribution in [-0.2, 0) is 0 Å². The summed E-state index contributed by atoms with van der Waals surface area (Å²) in [5.41, 5.74) is 0.931. The van der Waals surface area contributed by atoms with Gasteiger partial charge in [0, 0.05) is 24.7 Å². The number of aromatic nitrogens is 2. The molecule has 122 valence electrons. The molecule has 1 aromatic carbocycles. The molecule has 1 saturated heterocycles. The molecule has 0 spiro atoms. The van der Waals surface area contributed by atoms with Gasteiger partial charge in [0.25, 0.3) is 0 Å². The molecule has 1 aromatic heterocycles. The van der Waals surface area contributed by atoms with Crippen molar-refractivity contribution in [2.75, 3.05) is 20.1 Å². The number of benzene rings is 1. The molecule has 3 rings (SSSR count). The summed E-state index contributed by atoms with van der Waals surface area (Å²) in [6.07, 6.45) is 0.754. The van der Waals surface area contributed by atoms with Crippen molar-refractivity contribution in [1.82, 2.24) is 25.7 Å². The lowest BCUT2D eigenvalue weighted by Crippen LogP contribution is -2.42. The molecule has 0 radical (unpaired) electrons. The van der Waals surface area contributed by atoms with Gasteiger partial charge in [-0.1, -0.05) is 35.5 Å². The summed E-state index contributed by atoms with van der Waals surface area (Å²) in [5.74, 6) is 1.18. The van der Waals surface area contributed by atoms with E-state index in [1.165, 1.54) is 0 Å². The normalized spacial score (nSPS) is 21.3. The molecule has 1 fully saturated rings. The predicted octanol–water partition coefficient (Wildman–Crippen LogP) is 1.80. The third-order valence-electron chi connectivity index (χ3n) is 3.98. The SMILES string of the molecule is CCNC(=O)N[C@H]1C[C@@H](c2nc(-c3ccccc3)no2)N(C)C1. The Kier molecular flexibility index (Phi) is 4.57. The van der Waals surface area contributed by atoms with Crippen molar-refractivity contribution in [2.45, 2.75) is 25.4 Å². The highest BCUT2D eigenvalue weighted by atomic mass is 16.5. The average Bonchev–Trinajstić information content (AvgIpc) is 3.15. The Morgan fingerprint density at radius 2 is 2.17 bits per heavy atom. The van der Waals surface area contributed by atoms with Crippen LogP contribution in [-0.4, -0.2) is 47.3 Å². The lowest BCUT2D eigenvalue weighted by molar-refractivity contribution is 0.237. The Hall–Kier alpha value is -2.41. The second-order valence-corrected chi connectivity index (χ2v) is 5.71. The van der Waals surface area contributed by atoms with Gasteiger partial charge in [-0.15, -0.1) is 0 Å². The van der Waals surface area contributed by atoms with E-state index in [2.05, 4.69) is 25.7 Å². The number of urea groups is 1. The molecule has 0 aliphatic carbocycles. The maximum absolute atomic E-state index is 11.6. The van der Waals surface area contributed by atoms with Crippen LogP contribution in [0.5, 0.6) is 0 Å². The standard InChI is InChI=1S/C16H21N5O2/c1-3-17-16(22)18-12-9-13(21(2)10-12)15-19-14(20-23-15)11-7-5-4-6-8-11/h4-8,12-13H,3,9-10H2,1-2H3,(H2,17,18,22)/t12-,13-/m0/s1. The molecular formula is C16H21N5O2. The molecule has 0 unspecified atom stereocenters. The molecule has 7 heteroatoms. The Labute approximate surface area is 135 Å². The van der Waals surface area contributed by atoms with Gasteiger partial charge in [0.2, 0.25) is 11.7 Å². The van der Waals surface area contributed by atoms with Crippen LogP contribution < -0.4 is 10.6 Å². The second kappa shape index (κ2) is 6.78. The van der Waals surface area contributed by atoms with Crippen LogP contribution in [0.15, 0.2) is 34.9 Å². The first-order valence-electron chi connectivity index (χ1n) is 7.81. The molecule has 2 heterocycles. The number of hydrogen-bond donors (Lipinski definition) is 2. The number of hydrogen-bond acceptors (Lipinski definition) is 5. The number of nitrogens with one attached hydrogen (secondary N) is 2. The molecular weight excluding hydrogens is 294 g/mol. The largest absolute Gasteiger partial charge is 0.338 e. The molecule has 2 N–H and O–H groups in total. The lowest BCUT2D eigenvalue weighted by atomic mass is 10.1. The number of carbonyl (C=O) groups is 1. The topological polar surface area (TPSA) is 83.3 Å². The zero-order valence-corrected chi connectivity index (χ0v) is 13.3. The number of amides is 2. The fourth-order valence-corrected chi connectivity index (χ4v) is 2.86. The fourth-order valence-electron chi connectivity index (χ4n) is 2.86. The Bertz CT molecular complexity index is 658. The molecule has 1 aliphatic heterocycles. The quantitative estimate of drug-likeness (QED) is 0.899. The van der Waals surface area contributed by atoms with E-state index >= 15 is 0 Å². The van der Waals surface area contributed by atoms with Gasteiger partial charge >= 0.3 is 6.03 Å². The summed E-state index contributed by atoms with van der Waals surface area (Å²) >= 11 is 0. The minimum Gasteiger partial charge on any atom is -0.338 e. The van der Waals surface area contributed by atoms with Crippen LogP contribution in [0, 0.1) is 0 Å². The van der Waals surface area contributed by atoms with Crippen molar-refractivity contribution in [2.24, 2.45) is 0 Å². The van der Waals surface area contributed by atoms with Crippen LogP contribution in [0.25, 0.3) is 11.4 Å². The maximum Gasteiger partial charge on any atom is 0.315 e. The summed E-state index contributed by atoms with van der Waals surface area (Å²) in [6, 6.07) is 9.70. The zero-order chi connectivity index (χ0) is 16.2. The smallest absolute Gasteiger partial charge is 0.315 e. The van der Waals surface area contributed by atoms with E-state index in [1.54, 1.807) is 0 Å². The van der Waals surface area contributed by atoms with Crippen molar-refractivity contribution in [3.05, 3.63) is 36.2 Å². The van der Waals surface area contributed by atoms with Gasteiger partial charge in [-0.3, -0.25) is 4.90 Å². The number of carbonyl (C=O) groups excluding carboxylic acids is 1. The van der Waals surface area contributed by atoms with Crippen molar-refractivity contribution < 1.29 is 9.32 Å². The predicted molar refractivity (Wildman–Crippen MR) is 85.7 cm³/mol. The lowest BCUT2D eigenvalue weighted by Gasteiger charge is -2.14. The minimum absolute atomic E-state index is 0.0203. The van der Waals surface area contributed by atoms with E-state index in [0.717, 1.165) is 18.5 Å². The number of rotatable bonds is 4. The second-order valence-electron chi connectivity index (χ2n) is 5.71. The van der Waals surface area contributed by atoms with E-state index in [-0.39, 0.29) is 18.1 Å². The fraction of sp³-hybridized carbons (Fsp3) is 0.438. The third-order valence-corrected chi connectivity index (χ3v) is 3.98. The molecule has 0 bridgehead atoms. The highest BCUT2D eigenvalue weighted by molar-refractivity contribution is 5.74. The van der Waals surface area contributed by atoms with Crippen molar-refractivity contribution in [1.29, 1.82) is 0 Å². The molecule has 2 aromatic rings. The number of likely N-dealkylation sites (N-methyl/N-ethyl adjacent to an activating group) is 1. The average molecular weight is 315 g/mol. The van der Waals surface area contributed by atoms with E-state index in [9.17, 15) is 4.79 Å². The monoisotopic (exact) mass is 315 g/mol. The van der Waals surface area contributed by atoms with Gasteiger partial charge in [-0.25, -0.2) is 4.79 Å². The van der Waals surface area contributed by atoms with Gasteiger partial charge in [0.1, 0.15) is 0 Å². The van der Waals surface area contributed by atoms with Crippen LogP contribution in [0.4, 0.5) is 4.79 Å². The number of likely N-dealkylation sites (tertiary alicyclic amines) is 1. The first kappa shape index (κ1) is 15.5. The highest BCUT2D eigenvalue weighted by Gasteiger charge is 2.35. The summed E-state index contributed by atoms with van der Waals surface area (Å²) in [4.78, 5) is 18.3. The summed E-state index contributed by atoms with van der Waals surface area (Å²) in [6.45, 7) is 3.26. The molecule has 2 amide bonds. The van der Waals surface area contributed by atoms with Gasteiger partial charge in [-0.05, 0) is 20.4 Å². The molecule has 23 heavy (non-hydrogen) atoms. The van der Waals surface area contributed by atoms with Gasteiger partial charge in [0.15, 0.2) is 0 Å². The van der Waals surface area contributed by atoms with Crippen molar-refractivity contribution in [3.63, 3.8) is 0 Å². The highest BCUT2D eigenvalue weighted by Crippen LogP contribution is 2.30.